The lowest BCUT2D eigenvalue weighted by Gasteiger charge is -2.10. The van der Waals surface area contributed by atoms with E-state index in [1.54, 1.807) is 28.7 Å². The zero-order valence-corrected chi connectivity index (χ0v) is 11.6. The molecule has 0 aliphatic heterocycles. The molecule has 4 nitrogen and oxygen atoms in total. The number of hydrogen-bond acceptors (Lipinski definition) is 3. The second kappa shape index (κ2) is 4.31. The van der Waals surface area contributed by atoms with Gasteiger partial charge in [0.25, 0.3) is 0 Å². The van der Waals surface area contributed by atoms with Gasteiger partial charge >= 0.3 is 0 Å². The van der Waals surface area contributed by atoms with Gasteiger partial charge in [0.2, 0.25) is 0 Å². The van der Waals surface area contributed by atoms with Crippen LogP contribution in [-0.2, 0) is 0 Å². The number of fused-ring (bicyclic) bond motifs is 1. The Kier molecular flexibility index (Phi) is 2.74. The van der Waals surface area contributed by atoms with Crippen LogP contribution >= 0.6 is 15.9 Å². The van der Waals surface area contributed by atoms with Crippen molar-refractivity contribution in [1.82, 2.24) is 14.6 Å². The molecule has 96 valence electrons. The van der Waals surface area contributed by atoms with Gasteiger partial charge in [-0.2, -0.15) is 0 Å². The van der Waals surface area contributed by atoms with E-state index in [-0.39, 0.29) is 5.82 Å². The van der Waals surface area contributed by atoms with Gasteiger partial charge in [-0.15, -0.1) is 10.2 Å². The topological polar surface area (TPSA) is 56.2 Å². The van der Waals surface area contributed by atoms with Gasteiger partial charge in [0.1, 0.15) is 16.2 Å². The van der Waals surface area contributed by atoms with E-state index in [1.165, 1.54) is 6.07 Å². The van der Waals surface area contributed by atoms with Gasteiger partial charge in [-0.25, -0.2) is 4.39 Å². The zero-order valence-electron chi connectivity index (χ0n) is 10.1. The van der Waals surface area contributed by atoms with Crippen molar-refractivity contribution in [3.8, 4) is 11.1 Å². The fraction of sp³-hybridized carbons (Fsp3) is 0.0769. The lowest BCUT2D eigenvalue weighted by molar-refractivity contribution is 0.631. The first-order valence-corrected chi connectivity index (χ1v) is 6.43. The molecular weight excluding hydrogens is 311 g/mol. The van der Waals surface area contributed by atoms with Crippen molar-refractivity contribution in [1.29, 1.82) is 0 Å². The molecular formula is C13H10BrFN4. The van der Waals surface area contributed by atoms with E-state index in [1.807, 2.05) is 6.92 Å². The molecule has 0 aliphatic rings. The maximum atomic E-state index is 13.9. The van der Waals surface area contributed by atoms with Gasteiger partial charge in [0.15, 0.2) is 5.65 Å². The average Bonchev–Trinajstić information content (AvgIpc) is 2.76. The number of nitrogens with two attached hydrogens (primary N) is 1. The van der Waals surface area contributed by atoms with Gasteiger partial charge in [-0.1, -0.05) is 18.2 Å². The van der Waals surface area contributed by atoms with Crippen LogP contribution in [0.2, 0.25) is 0 Å². The van der Waals surface area contributed by atoms with Crippen molar-refractivity contribution in [2.75, 3.05) is 5.73 Å². The van der Waals surface area contributed by atoms with Gasteiger partial charge in [0, 0.05) is 11.1 Å². The van der Waals surface area contributed by atoms with Gasteiger partial charge in [-0.3, -0.25) is 4.40 Å². The number of aryl methyl sites for hydroxylation is 1. The number of nitrogens with zero attached hydrogens (tertiary/aromatic N) is 3. The van der Waals surface area contributed by atoms with Crippen molar-refractivity contribution in [2.24, 2.45) is 0 Å². The zero-order chi connectivity index (χ0) is 13.6. The number of aromatic nitrogens is 3. The molecule has 2 heterocycles. The number of anilines is 1. The largest absolute Gasteiger partial charge is 0.396 e. The fourth-order valence-corrected chi connectivity index (χ4v) is 2.71. The first-order chi connectivity index (χ1) is 9.09. The fourth-order valence-electron chi connectivity index (χ4n) is 2.06. The predicted molar refractivity (Wildman–Crippen MR) is 75.2 cm³/mol. The molecule has 0 aliphatic carbocycles. The van der Waals surface area contributed by atoms with E-state index in [2.05, 4.69) is 26.1 Å². The molecule has 0 bridgehead atoms. The Morgan fingerprint density at radius 1 is 1.21 bits per heavy atom. The molecule has 0 saturated carbocycles. The third-order valence-electron chi connectivity index (χ3n) is 3.00. The van der Waals surface area contributed by atoms with E-state index in [9.17, 15) is 4.39 Å². The van der Waals surface area contributed by atoms with Crippen LogP contribution in [0.5, 0.6) is 0 Å². The summed E-state index contributed by atoms with van der Waals surface area (Å²) in [6, 6.07) is 8.24. The summed E-state index contributed by atoms with van der Waals surface area (Å²) in [5, 5.41) is 8.03. The van der Waals surface area contributed by atoms with Crippen LogP contribution in [0.15, 0.2) is 34.9 Å². The molecule has 0 unspecified atom stereocenters. The summed E-state index contributed by atoms with van der Waals surface area (Å²) < 4.78 is 16.3. The molecule has 0 amide bonds. The molecule has 6 heteroatoms. The maximum Gasteiger partial charge on any atom is 0.162 e. The molecule has 3 rings (SSSR count). The Labute approximate surface area is 117 Å². The normalized spacial score (nSPS) is 11.1. The minimum absolute atomic E-state index is 0.318. The number of nitrogen functional groups attached to an aromatic ring is 1. The van der Waals surface area contributed by atoms with Crippen LogP contribution in [0, 0.1) is 12.7 Å². The molecule has 19 heavy (non-hydrogen) atoms. The Morgan fingerprint density at radius 3 is 2.68 bits per heavy atom. The molecule has 2 N–H and O–H groups in total. The van der Waals surface area contributed by atoms with E-state index in [0.29, 0.717) is 32.9 Å². The summed E-state index contributed by atoms with van der Waals surface area (Å²) in [6.07, 6.45) is 0. The predicted octanol–water partition coefficient (Wildman–Crippen LogP) is 3.19. The van der Waals surface area contributed by atoms with Crippen LogP contribution in [0.4, 0.5) is 10.1 Å². The van der Waals surface area contributed by atoms with E-state index in [4.69, 9.17) is 5.73 Å². The highest BCUT2D eigenvalue weighted by Crippen LogP contribution is 2.34. The van der Waals surface area contributed by atoms with Crippen LogP contribution in [-0.4, -0.2) is 14.6 Å². The highest BCUT2D eigenvalue weighted by atomic mass is 79.9. The van der Waals surface area contributed by atoms with Crippen molar-refractivity contribution in [3.63, 3.8) is 0 Å². The average molecular weight is 321 g/mol. The SMILES string of the molecule is Cc1nnc2cc(-c3ccccc3F)c(N)c(Br)n12. The number of halogens is 2. The Bertz CT molecular complexity index is 782. The van der Waals surface area contributed by atoms with Crippen molar-refractivity contribution in [3.05, 3.63) is 46.6 Å². The monoisotopic (exact) mass is 320 g/mol. The Hall–Kier alpha value is -1.95. The first kappa shape index (κ1) is 12.1. The van der Waals surface area contributed by atoms with Crippen LogP contribution < -0.4 is 5.73 Å². The quantitative estimate of drug-likeness (QED) is 0.700. The molecule has 0 spiro atoms. The first-order valence-electron chi connectivity index (χ1n) is 5.64. The standard InChI is InChI=1S/C13H10BrFN4/c1-7-17-18-11-6-9(12(16)13(14)19(7)11)8-4-2-3-5-10(8)15/h2-6H,16H2,1H3. The summed E-state index contributed by atoms with van der Waals surface area (Å²) in [4.78, 5) is 0. The van der Waals surface area contributed by atoms with Crippen LogP contribution in [0.3, 0.4) is 0 Å². The number of rotatable bonds is 1. The molecule has 3 aromatic rings. The minimum atomic E-state index is -0.318. The third-order valence-corrected chi connectivity index (χ3v) is 3.78. The van der Waals surface area contributed by atoms with Crippen molar-refractivity contribution in [2.45, 2.75) is 6.92 Å². The van der Waals surface area contributed by atoms with E-state index < -0.39 is 0 Å². The third kappa shape index (κ3) is 1.79. The summed E-state index contributed by atoms with van der Waals surface area (Å²) in [7, 11) is 0. The molecule has 0 radical (unpaired) electrons. The molecule has 0 fully saturated rings. The van der Waals surface area contributed by atoms with Gasteiger partial charge in [0.05, 0.1) is 5.69 Å². The second-order valence-electron chi connectivity index (χ2n) is 4.18. The van der Waals surface area contributed by atoms with Gasteiger partial charge < -0.3 is 5.73 Å². The van der Waals surface area contributed by atoms with Crippen molar-refractivity contribution < 1.29 is 4.39 Å². The van der Waals surface area contributed by atoms with E-state index >= 15 is 0 Å². The highest BCUT2D eigenvalue weighted by molar-refractivity contribution is 9.10. The molecule has 0 saturated heterocycles. The Morgan fingerprint density at radius 2 is 1.95 bits per heavy atom. The summed E-state index contributed by atoms with van der Waals surface area (Å²) in [5.74, 6) is 0.398. The van der Waals surface area contributed by atoms with Crippen LogP contribution in [0.1, 0.15) is 5.82 Å². The smallest absolute Gasteiger partial charge is 0.162 e. The minimum Gasteiger partial charge on any atom is -0.396 e. The second-order valence-corrected chi connectivity index (χ2v) is 4.93. The van der Waals surface area contributed by atoms with Crippen molar-refractivity contribution >= 4 is 27.3 Å². The van der Waals surface area contributed by atoms with Gasteiger partial charge in [-0.05, 0) is 35.0 Å². The molecule has 1 aromatic carbocycles. The van der Waals surface area contributed by atoms with Crippen LogP contribution in [0.25, 0.3) is 16.8 Å². The summed E-state index contributed by atoms with van der Waals surface area (Å²) >= 11 is 3.42. The number of benzene rings is 1. The highest BCUT2D eigenvalue weighted by Gasteiger charge is 2.15. The molecule has 0 atom stereocenters. The van der Waals surface area contributed by atoms with E-state index in [0.717, 1.165) is 0 Å². The Balaban J connectivity index is 2.37. The summed E-state index contributed by atoms with van der Waals surface area (Å²) in [6.45, 7) is 1.83. The number of hydrogen-bond donors (Lipinski definition) is 1. The lowest BCUT2D eigenvalue weighted by Crippen LogP contribution is -2.00. The lowest BCUT2D eigenvalue weighted by atomic mass is 10.0. The maximum absolute atomic E-state index is 13.9. The molecule has 2 aromatic heterocycles. The number of pyridine rings is 1. The summed E-state index contributed by atoms with van der Waals surface area (Å²) in [5.41, 5.74) is 8.22.